The maximum Gasteiger partial charge on any atom is 0.249 e. The summed E-state index contributed by atoms with van der Waals surface area (Å²) in [4.78, 5) is 42.8. The summed E-state index contributed by atoms with van der Waals surface area (Å²) in [5, 5.41) is 6.63. The molecule has 0 radical (unpaired) electrons. The predicted molar refractivity (Wildman–Crippen MR) is 120 cm³/mol. The van der Waals surface area contributed by atoms with Gasteiger partial charge in [-0.3, -0.25) is 14.4 Å². The van der Waals surface area contributed by atoms with E-state index in [0.717, 1.165) is 28.6 Å². The van der Waals surface area contributed by atoms with Crippen molar-refractivity contribution in [2.45, 2.75) is 38.3 Å². The van der Waals surface area contributed by atoms with Crippen molar-refractivity contribution in [3.8, 4) is 0 Å². The number of carbonyl (C=O) groups excluding carboxylic acids is 3. The summed E-state index contributed by atoms with van der Waals surface area (Å²) in [5.41, 5.74) is 2.73. The van der Waals surface area contributed by atoms with E-state index in [9.17, 15) is 14.4 Å². The molecule has 160 valence electrons. The van der Waals surface area contributed by atoms with Crippen LogP contribution in [0.2, 0.25) is 0 Å². The Balaban J connectivity index is 1.49. The van der Waals surface area contributed by atoms with Gasteiger partial charge in [0.15, 0.2) is 0 Å². The van der Waals surface area contributed by atoms with Gasteiger partial charge in [0.25, 0.3) is 0 Å². The second-order valence-corrected chi connectivity index (χ2v) is 7.85. The highest BCUT2D eigenvalue weighted by atomic mass is 16.2. The van der Waals surface area contributed by atoms with Crippen LogP contribution in [0.5, 0.6) is 0 Å². The molecule has 2 atom stereocenters. The zero-order valence-corrected chi connectivity index (χ0v) is 17.4. The van der Waals surface area contributed by atoms with Gasteiger partial charge in [0.1, 0.15) is 12.1 Å². The third kappa shape index (κ3) is 4.60. The van der Waals surface area contributed by atoms with E-state index in [0.29, 0.717) is 19.4 Å². The number of hydrogen-bond acceptors (Lipinski definition) is 3. The molecular formula is C24H26N4O3. The lowest BCUT2D eigenvalue weighted by Crippen LogP contribution is -2.57. The average molecular weight is 418 g/mol. The number of para-hydroxylation sites is 2. The number of hydrogen-bond donors (Lipinski definition) is 3. The molecule has 1 aliphatic rings. The van der Waals surface area contributed by atoms with E-state index in [4.69, 9.17) is 0 Å². The van der Waals surface area contributed by atoms with E-state index in [1.54, 1.807) is 4.90 Å². The molecule has 31 heavy (non-hydrogen) atoms. The Labute approximate surface area is 180 Å². The SMILES string of the molecule is CC(=O)NC(Cc1c[nH]c2ccccc12)C(=O)NC1CCCN(c2ccccc2)C1=O. The van der Waals surface area contributed by atoms with Gasteiger partial charge in [0.2, 0.25) is 17.7 Å². The first-order valence-electron chi connectivity index (χ1n) is 10.5. The minimum absolute atomic E-state index is 0.125. The molecule has 7 heteroatoms. The molecular weight excluding hydrogens is 392 g/mol. The van der Waals surface area contributed by atoms with E-state index >= 15 is 0 Å². The lowest BCUT2D eigenvalue weighted by atomic mass is 10.0. The van der Waals surface area contributed by atoms with Crippen LogP contribution in [0.4, 0.5) is 5.69 Å². The van der Waals surface area contributed by atoms with Gasteiger partial charge in [-0.25, -0.2) is 0 Å². The minimum atomic E-state index is -0.767. The van der Waals surface area contributed by atoms with Crippen molar-refractivity contribution in [1.29, 1.82) is 0 Å². The number of benzene rings is 2. The Bertz CT molecular complexity index is 1090. The molecule has 4 rings (SSSR count). The lowest BCUT2D eigenvalue weighted by molar-refractivity contribution is -0.131. The summed E-state index contributed by atoms with van der Waals surface area (Å²) in [6.45, 7) is 2.01. The first-order chi connectivity index (χ1) is 15.0. The van der Waals surface area contributed by atoms with E-state index < -0.39 is 12.1 Å². The number of rotatable bonds is 6. The fraction of sp³-hybridized carbons (Fsp3) is 0.292. The first-order valence-corrected chi connectivity index (χ1v) is 10.5. The molecule has 2 heterocycles. The van der Waals surface area contributed by atoms with Crippen molar-refractivity contribution < 1.29 is 14.4 Å². The first kappa shape index (κ1) is 20.7. The maximum atomic E-state index is 13.1. The number of piperidine rings is 1. The van der Waals surface area contributed by atoms with Crippen molar-refractivity contribution in [1.82, 2.24) is 15.6 Å². The van der Waals surface area contributed by atoms with Crippen LogP contribution < -0.4 is 15.5 Å². The Hall–Kier alpha value is -3.61. The normalized spacial score (nSPS) is 17.4. The van der Waals surface area contributed by atoms with E-state index in [1.165, 1.54) is 6.92 Å². The molecule has 1 fully saturated rings. The van der Waals surface area contributed by atoms with Crippen LogP contribution in [0, 0.1) is 0 Å². The van der Waals surface area contributed by atoms with Crippen LogP contribution in [-0.2, 0) is 20.8 Å². The molecule has 1 saturated heterocycles. The highest BCUT2D eigenvalue weighted by Gasteiger charge is 2.33. The number of anilines is 1. The Morgan fingerprint density at radius 2 is 1.87 bits per heavy atom. The number of nitrogens with one attached hydrogen (secondary N) is 3. The Morgan fingerprint density at radius 3 is 2.65 bits per heavy atom. The molecule has 1 aromatic heterocycles. The highest BCUT2D eigenvalue weighted by Crippen LogP contribution is 2.22. The third-order valence-electron chi connectivity index (χ3n) is 5.62. The van der Waals surface area contributed by atoms with Gasteiger partial charge >= 0.3 is 0 Å². The Kier molecular flexibility index (Phi) is 6.02. The summed E-state index contributed by atoms with van der Waals surface area (Å²) in [6.07, 6.45) is 3.56. The van der Waals surface area contributed by atoms with Crippen LogP contribution in [0.25, 0.3) is 10.9 Å². The second-order valence-electron chi connectivity index (χ2n) is 7.85. The summed E-state index contributed by atoms with van der Waals surface area (Å²) in [7, 11) is 0. The van der Waals surface area contributed by atoms with Gasteiger partial charge in [-0.1, -0.05) is 36.4 Å². The molecule has 2 unspecified atom stereocenters. The summed E-state index contributed by atoms with van der Waals surface area (Å²) < 4.78 is 0. The maximum absolute atomic E-state index is 13.1. The smallest absolute Gasteiger partial charge is 0.249 e. The van der Waals surface area contributed by atoms with E-state index in [-0.39, 0.29) is 17.7 Å². The number of amides is 3. The molecule has 7 nitrogen and oxygen atoms in total. The van der Waals surface area contributed by atoms with Crippen molar-refractivity contribution in [3.05, 3.63) is 66.4 Å². The number of fused-ring (bicyclic) bond motifs is 1. The van der Waals surface area contributed by atoms with Crippen LogP contribution in [0.15, 0.2) is 60.8 Å². The zero-order valence-electron chi connectivity index (χ0n) is 17.4. The second kappa shape index (κ2) is 9.04. The number of nitrogens with zero attached hydrogens (tertiary/aromatic N) is 1. The molecule has 2 aromatic carbocycles. The quantitative estimate of drug-likeness (QED) is 0.574. The van der Waals surface area contributed by atoms with Crippen molar-refractivity contribution in [2.24, 2.45) is 0 Å². The van der Waals surface area contributed by atoms with Crippen LogP contribution >= 0.6 is 0 Å². The van der Waals surface area contributed by atoms with Gasteiger partial charge in [-0.15, -0.1) is 0 Å². The molecule has 3 amide bonds. The van der Waals surface area contributed by atoms with Crippen LogP contribution in [0.1, 0.15) is 25.3 Å². The fourth-order valence-electron chi connectivity index (χ4n) is 4.12. The highest BCUT2D eigenvalue weighted by molar-refractivity contribution is 6.00. The third-order valence-corrected chi connectivity index (χ3v) is 5.62. The zero-order chi connectivity index (χ0) is 21.8. The molecule has 3 aromatic rings. The van der Waals surface area contributed by atoms with Gasteiger partial charge in [0, 0.05) is 42.7 Å². The lowest BCUT2D eigenvalue weighted by Gasteiger charge is -2.33. The molecule has 0 spiro atoms. The van der Waals surface area contributed by atoms with Crippen LogP contribution in [-0.4, -0.2) is 41.3 Å². The number of aromatic amines is 1. The average Bonchev–Trinajstić information content (AvgIpc) is 3.18. The standard InChI is InChI=1S/C24H26N4O3/c1-16(29)26-22(14-17-15-25-20-11-6-5-10-19(17)20)23(30)27-21-12-7-13-28(24(21)31)18-8-3-2-4-9-18/h2-6,8-11,15,21-22,25H,7,12-14H2,1H3,(H,26,29)(H,27,30). The number of H-pyrrole nitrogens is 1. The van der Waals surface area contributed by atoms with Crippen molar-refractivity contribution >= 4 is 34.3 Å². The Morgan fingerprint density at radius 1 is 1.13 bits per heavy atom. The molecule has 0 saturated carbocycles. The molecule has 0 aliphatic carbocycles. The van der Waals surface area contributed by atoms with Crippen molar-refractivity contribution in [3.63, 3.8) is 0 Å². The van der Waals surface area contributed by atoms with Gasteiger partial charge in [0.05, 0.1) is 0 Å². The van der Waals surface area contributed by atoms with Gasteiger partial charge in [-0.2, -0.15) is 0 Å². The number of aromatic nitrogens is 1. The summed E-state index contributed by atoms with van der Waals surface area (Å²) >= 11 is 0. The topological polar surface area (TPSA) is 94.3 Å². The van der Waals surface area contributed by atoms with Crippen LogP contribution in [0.3, 0.4) is 0 Å². The fourth-order valence-corrected chi connectivity index (χ4v) is 4.12. The van der Waals surface area contributed by atoms with E-state index in [2.05, 4.69) is 15.6 Å². The molecule has 1 aliphatic heterocycles. The number of carbonyl (C=O) groups is 3. The van der Waals surface area contributed by atoms with Crippen molar-refractivity contribution in [2.75, 3.05) is 11.4 Å². The molecule has 0 bridgehead atoms. The largest absolute Gasteiger partial charge is 0.361 e. The van der Waals surface area contributed by atoms with Gasteiger partial charge in [-0.05, 0) is 36.6 Å². The monoisotopic (exact) mass is 418 g/mol. The minimum Gasteiger partial charge on any atom is -0.361 e. The summed E-state index contributed by atoms with van der Waals surface area (Å²) in [6, 6.07) is 15.9. The predicted octanol–water partition coefficient (Wildman–Crippen LogP) is 2.53. The summed E-state index contributed by atoms with van der Waals surface area (Å²) in [5.74, 6) is -0.769. The van der Waals surface area contributed by atoms with Gasteiger partial charge < -0.3 is 20.5 Å². The van der Waals surface area contributed by atoms with E-state index in [1.807, 2.05) is 60.8 Å². The molecule has 3 N–H and O–H groups in total.